The van der Waals surface area contributed by atoms with Gasteiger partial charge in [-0.15, -0.1) is 0 Å². The van der Waals surface area contributed by atoms with Crippen LogP contribution in [-0.2, 0) is 9.63 Å². The highest BCUT2D eigenvalue weighted by Crippen LogP contribution is 2.16. The number of amides is 1. The van der Waals surface area contributed by atoms with Crippen LogP contribution in [0, 0.1) is 0 Å². The molecular weight excluding hydrogens is 142 g/mol. The Balaban J connectivity index is 2.44. The van der Waals surface area contributed by atoms with E-state index in [1.54, 1.807) is 0 Å². The first-order chi connectivity index (χ1) is 5.34. The van der Waals surface area contributed by atoms with Crippen molar-refractivity contribution in [3.05, 3.63) is 11.6 Å². The Bertz CT molecular complexity index is 175. The van der Waals surface area contributed by atoms with Crippen LogP contribution in [0.15, 0.2) is 11.6 Å². The van der Waals surface area contributed by atoms with Crippen LogP contribution < -0.4 is 5.48 Å². The Morgan fingerprint density at radius 1 is 1.64 bits per heavy atom. The zero-order valence-electron chi connectivity index (χ0n) is 6.72. The minimum atomic E-state index is -0.0906. The third-order valence-electron chi connectivity index (χ3n) is 1.78. The summed E-state index contributed by atoms with van der Waals surface area (Å²) < 4.78 is 0. The van der Waals surface area contributed by atoms with Crippen LogP contribution in [-0.4, -0.2) is 13.0 Å². The Hall–Kier alpha value is -0.830. The van der Waals surface area contributed by atoms with Gasteiger partial charge in [0.05, 0.1) is 7.11 Å². The first-order valence-corrected chi connectivity index (χ1v) is 3.87. The van der Waals surface area contributed by atoms with Crippen LogP contribution in [0.2, 0.25) is 0 Å². The van der Waals surface area contributed by atoms with E-state index in [4.69, 9.17) is 0 Å². The Morgan fingerprint density at radius 2 is 2.45 bits per heavy atom. The molecule has 0 radical (unpaired) electrons. The third-order valence-corrected chi connectivity index (χ3v) is 1.78. The summed E-state index contributed by atoms with van der Waals surface area (Å²) in [5, 5.41) is 0. The number of hydrogen-bond acceptors (Lipinski definition) is 2. The van der Waals surface area contributed by atoms with Gasteiger partial charge in [0, 0.05) is 5.57 Å². The third kappa shape index (κ3) is 2.35. The molecule has 0 aromatic heterocycles. The second kappa shape index (κ2) is 4.13. The molecular formula is C8H13NO2. The molecule has 3 nitrogen and oxygen atoms in total. The molecule has 1 rings (SSSR count). The normalized spacial score (nSPS) is 17.4. The standard InChI is InChI=1S/C8H13NO2/c1-11-9-8(10)7-5-3-2-4-6-7/h5H,2-4,6H2,1H3,(H,9,10). The van der Waals surface area contributed by atoms with Crippen molar-refractivity contribution in [1.82, 2.24) is 5.48 Å². The number of carbonyl (C=O) groups is 1. The highest BCUT2D eigenvalue weighted by molar-refractivity contribution is 5.92. The first kappa shape index (κ1) is 8.27. The van der Waals surface area contributed by atoms with Gasteiger partial charge < -0.3 is 0 Å². The molecule has 0 aliphatic heterocycles. The van der Waals surface area contributed by atoms with E-state index in [0.717, 1.165) is 24.8 Å². The van der Waals surface area contributed by atoms with E-state index in [2.05, 4.69) is 10.3 Å². The van der Waals surface area contributed by atoms with E-state index < -0.39 is 0 Å². The average molecular weight is 155 g/mol. The van der Waals surface area contributed by atoms with Crippen LogP contribution in [0.25, 0.3) is 0 Å². The average Bonchev–Trinajstić information content (AvgIpc) is 2.07. The van der Waals surface area contributed by atoms with Gasteiger partial charge in [-0.3, -0.25) is 9.63 Å². The van der Waals surface area contributed by atoms with E-state index in [0.29, 0.717) is 0 Å². The van der Waals surface area contributed by atoms with E-state index in [9.17, 15) is 4.79 Å². The van der Waals surface area contributed by atoms with Crippen molar-refractivity contribution in [3.8, 4) is 0 Å². The predicted molar refractivity (Wildman–Crippen MR) is 41.7 cm³/mol. The largest absolute Gasteiger partial charge is 0.277 e. The second-order valence-electron chi connectivity index (χ2n) is 2.61. The fraction of sp³-hybridized carbons (Fsp3) is 0.625. The van der Waals surface area contributed by atoms with Crippen molar-refractivity contribution in [2.75, 3.05) is 7.11 Å². The number of hydroxylamine groups is 1. The van der Waals surface area contributed by atoms with Crippen molar-refractivity contribution in [2.24, 2.45) is 0 Å². The molecule has 0 saturated carbocycles. The van der Waals surface area contributed by atoms with Crippen LogP contribution in [0.4, 0.5) is 0 Å². The number of allylic oxidation sites excluding steroid dienone is 1. The maximum absolute atomic E-state index is 11.1. The summed E-state index contributed by atoms with van der Waals surface area (Å²) in [7, 11) is 1.45. The molecule has 0 fully saturated rings. The monoisotopic (exact) mass is 155 g/mol. The van der Waals surface area contributed by atoms with E-state index >= 15 is 0 Å². The van der Waals surface area contributed by atoms with Gasteiger partial charge in [0.25, 0.3) is 5.91 Å². The lowest BCUT2D eigenvalue weighted by molar-refractivity contribution is -0.127. The zero-order chi connectivity index (χ0) is 8.10. The highest BCUT2D eigenvalue weighted by atomic mass is 16.6. The van der Waals surface area contributed by atoms with Crippen molar-refractivity contribution in [1.29, 1.82) is 0 Å². The lowest BCUT2D eigenvalue weighted by Crippen LogP contribution is -2.24. The molecule has 1 aliphatic rings. The van der Waals surface area contributed by atoms with Crippen LogP contribution in [0.1, 0.15) is 25.7 Å². The first-order valence-electron chi connectivity index (χ1n) is 3.87. The quantitative estimate of drug-likeness (QED) is 0.608. The van der Waals surface area contributed by atoms with Gasteiger partial charge in [0.2, 0.25) is 0 Å². The van der Waals surface area contributed by atoms with Crippen LogP contribution in [0.3, 0.4) is 0 Å². The Labute approximate surface area is 66.4 Å². The van der Waals surface area contributed by atoms with Crippen molar-refractivity contribution in [3.63, 3.8) is 0 Å². The van der Waals surface area contributed by atoms with Gasteiger partial charge in [-0.05, 0) is 25.7 Å². The predicted octanol–water partition coefficient (Wildman–Crippen LogP) is 1.16. The molecule has 0 spiro atoms. The molecule has 1 N–H and O–H groups in total. The molecule has 0 saturated heterocycles. The highest BCUT2D eigenvalue weighted by Gasteiger charge is 2.10. The number of hydrogen-bond donors (Lipinski definition) is 1. The maximum atomic E-state index is 11.1. The SMILES string of the molecule is CONC(=O)C1=CCCCC1. The summed E-state index contributed by atoms with van der Waals surface area (Å²) in [5.41, 5.74) is 3.17. The molecule has 11 heavy (non-hydrogen) atoms. The number of rotatable bonds is 2. The molecule has 0 aromatic carbocycles. The van der Waals surface area contributed by atoms with Gasteiger partial charge in [0.15, 0.2) is 0 Å². The molecule has 0 unspecified atom stereocenters. The number of carbonyl (C=O) groups excluding carboxylic acids is 1. The molecule has 1 aliphatic carbocycles. The van der Waals surface area contributed by atoms with Crippen molar-refractivity contribution >= 4 is 5.91 Å². The molecule has 3 heteroatoms. The molecule has 62 valence electrons. The van der Waals surface area contributed by atoms with Gasteiger partial charge in [-0.2, -0.15) is 0 Å². The zero-order valence-corrected chi connectivity index (χ0v) is 6.72. The summed E-state index contributed by atoms with van der Waals surface area (Å²) in [6.45, 7) is 0. The minimum Gasteiger partial charge on any atom is -0.277 e. The second-order valence-corrected chi connectivity index (χ2v) is 2.61. The lowest BCUT2D eigenvalue weighted by Gasteiger charge is -2.10. The summed E-state index contributed by atoms with van der Waals surface area (Å²) in [6.07, 6.45) is 6.20. The summed E-state index contributed by atoms with van der Waals surface area (Å²) in [6, 6.07) is 0. The van der Waals surface area contributed by atoms with Gasteiger partial charge in [-0.25, -0.2) is 5.48 Å². The maximum Gasteiger partial charge on any atom is 0.270 e. The molecule has 1 amide bonds. The molecule has 0 heterocycles. The van der Waals surface area contributed by atoms with Crippen molar-refractivity contribution in [2.45, 2.75) is 25.7 Å². The van der Waals surface area contributed by atoms with Crippen molar-refractivity contribution < 1.29 is 9.63 Å². The smallest absolute Gasteiger partial charge is 0.270 e. The van der Waals surface area contributed by atoms with E-state index in [1.807, 2.05) is 6.08 Å². The summed E-state index contributed by atoms with van der Waals surface area (Å²) in [5.74, 6) is -0.0906. The number of nitrogens with one attached hydrogen (secondary N) is 1. The van der Waals surface area contributed by atoms with Gasteiger partial charge in [0.1, 0.15) is 0 Å². The lowest BCUT2D eigenvalue weighted by atomic mass is 9.99. The van der Waals surface area contributed by atoms with Gasteiger partial charge in [-0.1, -0.05) is 6.08 Å². The fourth-order valence-electron chi connectivity index (χ4n) is 1.20. The van der Waals surface area contributed by atoms with E-state index in [1.165, 1.54) is 13.5 Å². The Kier molecular flexibility index (Phi) is 3.11. The topological polar surface area (TPSA) is 38.3 Å². The van der Waals surface area contributed by atoms with Crippen LogP contribution >= 0.6 is 0 Å². The van der Waals surface area contributed by atoms with Crippen LogP contribution in [0.5, 0.6) is 0 Å². The van der Waals surface area contributed by atoms with Gasteiger partial charge >= 0.3 is 0 Å². The minimum absolute atomic E-state index is 0.0906. The molecule has 0 aromatic rings. The van der Waals surface area contributed by atoms with E-state index in [-0.39, 0.29) is 5.91 Å². The summed E-state index contributed by atoms with van der Waals surface area (Å²) >= 11 is 0. The molecule has 0 bridgehead atoms. The molecule has 0 atom stereocenters. The summed E-state index contributed by atoms with van der Waals surface area (Å²) in [4.78, 5) is 15.6. The Morgan fingerprint density at radius 3 is 3.00 bits per heavy atom. The fourth-order valence-corrected chi connectivity index (χ4v) is 1.20.